The van der Waals surface area contributed by atoms with Gasteiger partial charge < -0.3 is 19.4 Å². The maximum absolute atomic E-state index is 12.2. The Kier molecular flexibility index (Phi) is 7.63. The first-order valence-corrected chi connectivity index (χ1v) is 10.5. The summed E-state index contributed by atoms with van der Waals surface area (Å²) in [4.78, 5) is 24.4. The number of nitrogens with one attached hydrogen (secondary N) is 2. The van der Waals surface area contributed by atoms with Crippen LogP contribution < -0.4 is 20.2 Å². The van der Waals surface area contributed by atoms with Gasteiger partial charge in [-0.3, -0.25) is 9.59 Å². The van der Waals surface area contributed by atoms with Crippen molar-refractivity contribution in [1.82, 2.24) is 9.99 Å². The van der Waals surface area contributed by atoms with Crippen LogP contribution in [0.3, 0.4) is 0 Å². The van der Waals surface area contributed by atoms with Gasteiger partial charge in [0, 0.05) is 28.0 Å². The fraction of sp³-hybridized carbons (Fsp3) is 0.174. The van der Waals surface area contributed by atoms with E-state index in [4.69, 9.17) is 32.7 Å². The maximum Gasteiger partial charge on any atom is 0.329 e. The Labute approximate surface area is 201 Å². The number of carbonyl (C=O) groups excluding carboxylic acids is 2. The Balaban J connectivity index is 1.70. The molecule has 10 heteroatoms. The second-order valence-corrected chi connectivity index (χ2v) is 7.82. The van der Waals surface area contributed by atoms with Crippen LogP contribution in [0.15, 0.2) is 47.6 Å². The van der Waals surface area contributed by atoms with Gasteiger partial charge >= 0.3 is 11.8 Å². The van der Waals surface area contributed by atoms with E-state index in [1.165, 1.54) is 20.4 Å². The molecule has 2 amide bonds. The van der Waals surface area contributed by atoms with E-state index in [0.29, 0.717) is 27.2 Å². The summed E-state index contributed by atoms with van der Waals surface area (Å²) in [5.41, 5.74) is 5.83. The fourth-order valence-corrected chi connectivity index (χ4v) is 3.74. The largest absolute Gasteiger partial charge is 0.497 e. The number of hydrogen-bond acceptors (Lipinski definition) is 5. The zero-order valence-corrected chi connectivity index (χ0v) is 19.9. The number of rotatable bonds is 6. The molecule has 0 aliphatic rings. The van der Waals surface area contributed by atoms with E-state index < -0.39 is 11.8 Å². The molecule has 3 aromatic rings. The lowest BCUT2D eigenvalue weighted by Crippen LogP contribution is -2.32. The van der Waals surface area contributed by atoms with Crippen LogP contribution in [-0.4, -0.2) is 36.8 Å². The topological polar surface area (TPSA) is 94.0 Å². The molecule has 1 heterocycles. The molecule has 0 aliphatic heterocycles. The van der Waals surface area contributed by atoms with Crippen LogP contribution in [0.25, 0.3) is 5.69 Å². The molecular weight excluding hydrogens is 467 g/mol. The van der Waals surface area contributed by atoms with Gasteiger partial charge in [0.15, 0.2) is 0 Å². The standard InChI is InChI=1S/C23H22Cl2N4O4/c1-13-9-15(14(2)29(13)20-8-5-16(24)10-18(20)25)12-26-28-23(31)22(30)27-19-7-6-17(32-3)11-21(19)33-4/h5-12H,1-4H3,(H,27,30)(H,28,31)/b26-12-. The van der Waals surface area contributed by atoms with E-state index in [9.17, 15) is 9.59 Å². The van der Waals surface area contributed by atoms with E-state index in [-0.39, 0.29) is 0 Å². The van der Waals surface area contributed by atoms with Crippen molar-refractivity contribution in [1.29, 1.82) is 0 Å². The van der Waals surface area contributed by atoms with Crippen molar-refractivity contribution in [3.63, 3.8) is 0 Å². The highest BCUT2D eigenvalue weighted by Gasteiger charge is 2.16. The first-order chi connectivity index (χ1) is 15.7. The van der Waals surface area contributed by atoms with E-state index in [1.54, 1.807) is 30.3 Å². The quantitative estimate of drug-likeness (QED) is 0.303. The highest BCUT2D eigenvalue weighted by Crippen LogP contribution is 2.29. The highest BCUT2D eigenvalue weighted by atomic mass is 35.5. The molecule has 0 fully saturated rings. The number of ether oxygens (including phenoxy) is 2. The van der Waals surface area contributed by atoms with Gasteiger partial charge in [0.25, 0.3) is 0 Å². The summed E-state index contributed by atoms with van der Waals surface area (Å²) in [6.07, 6.45) is 1.46. The monoisotopic (exact) mass is 488 g/mol. The lowest BCUT2D eigenvalue weighted by molar-refractivity contribution is -0.136. The van der Waals surface area contributed by atoms with Gasteiger partial charge in [-0.2, -0.15) is 5.10 Å². The molecular formula is C23H22Cl2N4O4. The van der Waals surface area contributed by atoms with Crippen LogP contribution in [0.4, 0.5) is 5.69 Å². The molecule has 2 aromatic carbocycles. The third-order valence-electron chi connectivity index (χ3n) is 4.85. The van der Waals surface area contributed by atoms with Crippen LogP contribution in [0, 0.1) is 13.8 Å². The van der Waals surface area contributed by atoms with Crippen LogP contribution in [0.2, 0.25) is 10.0 Å². The Hall–Kier alpha value is -3.49. The zero-order chi connectivity index (χ0) is 24.1. The number of amides is 2. The third kappa shape index (κ3) is 5.47. The third-order valence-corrected chi connectivity index (χ3v) is 5.39. The van der Waals surface area contributed by atoms with Gasteiger partial charge in [0.1, 0.15) is 11.5 Å². The number of halogens is 2. The Bertz CT molecular complexity index is 1240. The van der Waals surface area contributed by atoms with E-state index >= 15 is 0 Å². The molecule has 1 aromatic heterocycles. The fourth-order valence-electron chi connectivity index (χ4n) is 3.24. The van der Waals surface area contributed by atoms with E-state index in [2.05, 4.69) is 15.8 Å². The number of hydrazone groups is 1. The first-order valence-electron chi connectivity index (χ1n) is 9.76. The molecule has 3 rings (SSSR count). The van der Waals surface area contributed by atoms with Crippen molar-refractivity contribution < 1.29 is 19.1 Å². The SMILES string of the molecule is COc1ccc(NC(=O)C(=O)N/N=C\c2cc(C)n(-c3ccc(Cl)cc3Cl)c2C)c(OC)c1. The number of aryl methyl sites for hydroxylation is 1. The first kappa shape index (κ1) is 24.2. The molecule has 0 saturated heterocycles. The second-order valence-electron chi connectivity index (χ2n) is 6.98. The number of anilines is 1. The predicted molar refractivity (Wildman–Crippen MR) is 129 cm³/mol. The number of methoxy groups -OCH3 is 2. The summed E-state index contributed by atoms with van der Waals surface area (Å²) in [5, 5.41) is 7.45. The Morgan fingerprint density at radius 3 is 2.42 bits per heavy atom. The Morgan fingerprint density at radius 1 is 1.00 bits per heavy atom. The summed E-state index contributed by atoms with van der Waals surface area (Å²) < 4.78 is 12.3. The van der Waals surface area contributed by atoms with Crippen LogP contribution in [-0.2, 0) is 9.59 Å². The molecule has 0 bridgehead atoms. The molecule has 0 radical (unpaired) electrons. The minimum absolute atomic E-state index is 0.325. The van der Waals surface area contributed by atoms with Crippen molar-refractivity contribution >= 4 is 46.9 Å². The summed E-state index contributed by atoms with van der Waals surface area (Å²) in [6, 6.07) is 11.9. The molecule has 0 saturated carbocycles. The predicted octanol–water partition coefficient (Wildman–Crippen LogP) is 4.51. The zero-order valence-electron chi connectivity index (χ0n) is 18.4. The highest BCUT2D eigenvalue weighted by molar-refractivity contribution is 6.39. The summed E-state index contributed by atoms with van der Waals surface area (Å²) in [7, 11) is 2.96. The molecule has 33 heavy (non-hydrogen) atoms. The number of benzene rings is 2. The molecule has 0 aliphatic carbocycles. The van der Waals surface area contributed by atoms with Crippen molar-refractivity contribution in [2.75, 3.05) is 19.5 Å². The van der Waals surface area contributed by atoms with E-state index in [0.717, 1.165) is 22.6 Å². The Morgan fingerprint density at radius 2 is 1.76 bits per heavy atom. The lowest BCUT2D eigenvalue weighted by atomic mass is 10.2. The molecule has 8 nitrogen and oxygen atoms in total. The van der Waals surface area contributed by atoms with E-state index in [1.807, 2.05) is 30.5 Å². The maximum atomic E-state index is 12.2. The summed E-state index contributed by atoms with van der Waals surface area (Å²) >= 11 is 12.3. The summed E-state index contributed by atoms with van der Waals surface area (Å²) in [6.45, 7) is 3.81. The van der Waals surface area contributed by atoms with Crippen molar-refractivity contribution in [3.8, 4) is 17.2 Å². The minimum Gasteiger partial charge on any atom is -0.497 e. The van der Waals surface area contributed by atoms with Crippen LogP contribution in [0.1, 0.15) is 17.0 Å². The molecule has 2 N–H and O–H groups in total. The van der Waals surface area contributed by atoms with Gasteiger partial charge in [-0.1, -0.05) is 23.2 Å². The molecule has 0 spiro atoms. The summed E-state index contributed by atoms with van der Waals surface area (Å²) in [5.74, 6) is -0.920. The average molecular weight is 489 g/mol. The normalized spacial score (nSPS) is 10.8. The number of nitrogens with zero attached hydrogens (tertiary/aromatic N) is 2. The van der Waals surface area contributed by atoms with Crippen LogP contribution >= 0.6 is 23.2 Å². The van der Waals surface area contributed by atoms with Crippen LogP contribution in [0.5, 0.6) is 11.5 Å². The number of hydrogen-bond donors (Lipinski definition) is 2. The lowest BCUT2D eigenvalue weighted by Gasteiger charge is -2.11. The smallest absolute Gasteiger partial charge is 0.329 e. The number of aromatic nitrogens is 1. The second kappa shape index (κ2) is 10.4. The minimum atomic E-state index is -0.932. The average Bonchev–Trinajstić information content (AvgIpc) is 3.07. The van der Waals surface area contributed by atoms with Crippen molar-refractivity contribution in [2.24, 2.45) is 5.10 Å². The molecule has 0 unspecified atom stereocenters. The van der Waals surface area contributed by atoms with Gasteiger partial charge in [-0.15, -0.1) is 0 Å². The molecule has 172 valence electrons. The van der Waals surface area contributed by atoms with Crippen molar-refractivity contribution in [2.45, 2.75) is 13.8 Å². The van der Waals surface area contributed by atoms with Gasteiger partial charge in [-0.05, 0) is 50.2 Å². The van der Waals surface area contributed by atoms with Gasteiger partial charge in [0.05, 0.1) is 36.8 Å². The van der Waals surface area contributed by atoms with Crippen molar-refractivity contribution in [3.05, 3.63) is 69.5 Å². The van der Waals surface area contributed by atoms with Gasteiger partial charge in [0.2, 0.25) is 0 Å². The number of carbonyl (C=O) groups is 2. The van der Waals surface area contributed by atoms with Gasteiger partial charge in [-0.25, -0.2) is 5.43 Å². The molecule has 0 atom stereocenters.